The topological polar surface area (TPSA) is 134 Å². The lowest BCUT2D eigenvalue weighted by atomic mass is 9.99. The third kappa shape index (κ3) is 7.54. The van der Waals surface area contributed by atoms with Gasteiger partial charge in [-0.15, -0.1) is 0 Å². The Morgan fingerprint density at radius 1 is 1.22 bits per heavy atom. The first-order chi connectivity index (χ1) is 10.4. The van der Waals surface area contributed by atoms with Gasteiger partial charge in [0.1, 0.15) is 12.2 Å². The predicted molar refractivity (Wildman–Crippen MR) is 78.4 cm³/mol. The fourth-order valence-corrected chi connectivity index (χ4v) is 3.18. The summed E-state index contributed by atoms with van der Waals surface area (Å²) in [6.07, 6.45) is -1.18. The van der Waals surface area contributed by atoms with Crippen LogP contribution in [0.1, 0.15) is 13.3 Å². The quantitative estimate of drug-likeness (QED) is 0.532. The lowest BCUT2D eigenvalue weighted by Gasteiger charge is -2.40. The van der Waals surface area contributed by atoms with E-state index in [1.807, 2.05) is 0 Å². The molecular weight excluding hydrogens is 354 g/mol. The molecule has 0 unspecified atom stereocenters. The molecule has 23 heavy (non-hydrogen) atoms. The molecule has 0 saturated carbocycles. The first-order valence-corrected chi connectivity index (χ1v) is 10.2. The molecule has 0 aromatic rings. The Labute approximate surface area is 135 Å². The van der Waals surface area contributed by atoms with Crippen molar-refractivity contribution in [1.82, 2.24) is 5.32 Å². The summed E-state index contributed by atoms with van der Waals surface area (Å²) in [6, 6.07) is -0.755. The van der Waals surface area contributed by atoms with Crippen LogP contribution in [0.3, 0.4) is 0 Å². The molecule has 136 valence electrons. The van der Waals surface area contributed by atoms with E-state index in [0.717, 1.165) is 12.5 Å². The van der Waals surface area contributed by atoms with Crippen LogP contribution in [0, 0.1) is 0 Å². The highest BCUT2D eigenvalue weighted by Gasteiger charge is 2.42. The zero-order valence-corrected chi connectivity index (χ0v) is 14.8. The molecule has 0 spiro atoms. The summed E-state index contributed by atoms with van der Waals surface area (Å²) in [5.41, 5.74) is 0. The van der Waals surface area contributed by atoms with E-state index in [4.69, 9.17) is 13.7 Å². The average Bonchev–Trinajstić information content (AvgIpc) is 2.35. The zero-order chi connectivity index (χ0) is 17.8. The van der Waals surface area contributed by atoms with Gasteiger partial charge in [0.25, 0.3) is 20.2 Å². The second-order valence-corrected chi connectivity index (χ2v) is 8.38. The molecular formula is C11H21NO9S2. The smallest absolute Gasteiger partial charge is 0.264 e. The van der Waals surface area contributed by atoms with Crippen LogP contribution in [0.5, 0.6) is 0 Å². The molecule has 1 N–H and O–H groups in total. The molecule has 1 aliphatic rings. The molecule has 1 heterocycles. The van der Waals surface area contributed by atoms with Crippen molar-refractivity contribution in [2.75, 3.05) is 26.2 Å². The number of carbonyl (C=O) groups is 1. The fourth-order valence-electron chi connectivity index (χ4n) is 2.14. The summed E-state index contributed by atoms with van der Waals surface area (Å²) in [5.74, 6) is -0.406. The maximum atomic E-state index is 11.4. The Balaban J connectivity index is 3.03. The normalized spacial score (nSPS) is 29.2. The highest BCUT2D eigenvalue weighted by molar-refractivity contribution is 7.86. The zero-order valence-electron chi connectivity index (χ0n) is 13.2. The van der Waals surface area contributed by atoms with Crippen LogP contribution in [0.4, 0.5) is 0 Å². The molecule has 0 bridgehead atoms. The molecule has 12 heteroatoms. The Morgan fingerprint density at radius 3 is 2.26 bits per heavy atom. The Hall–Kier alpha value is -0.790. The second-order valence-electron chi connectivity index (χ2n) is 5.14. The molecule has 10 nitrogen and oxygen atoms in total. The third-order valence-corrected chi connectivity index (χ3v) is 4.06. The van der Waals surface area contributed by atoms with E-state index in [2.05, 4.69) is 9.50 Å². The van der Waals surface area contributed by atoms with Gasteiger partial charge in [0, 0.05) is 20.5 Å². The van der Waals surface area contributed by atoms with E-state index < -0.39 is 57.3 Å². The van der Waals surface area contributed by atoms with Gasteiger partial charge in [-0.1, -0.05) is 0 Å². The van der Waals surface area contributed by atoms with Gasteiger partial charge in [0.2, 0.25) is 5.91 Å². The van der Waals surface area contributed by atoms with Gasteiger partial charge in [-0.2, -0.15) is 16.8 Å². The standard InChI is InChI=1S/C11H21NO9S2/c1-7(13)12-8-5-10(18-2)20-9(6-19-22(3,14)15)11(8)21-23(4,16)17/h8-11H,5-6H2,1-4H3,(H,12,13)/t8-,9-,10+,11+/m1/s1. The summed E-state index contributed by atoms with van der Waals surface area (Å²) < 4.78 is 65.3. The number of ether oxygens (including phenoxy) is 2. The van der Waals surface area contributed by atoms with Crippen molar-refractivity contribution in [3.05, 3.63) is 0 Å². The van der Waals surface area contributed by atoms with Gasteiger partial charge in [0.15, 0.2) is 6.29 Å². The number of rotatable bonds is 7. The monoisotopic (exact) mass is 375 g/mol. The predicted octanol–water partition coefficient (Wildman–Crippen LogP) is -1.43. The summed E-state index contributed by atoms with van der Waals surface area (Å²) >= 11 is 0. The molecule has 1 saturated heterocycles. The molecule has 0 aliphatic carbocycles. The summed E-state index contributed by atoms with van der Waals surface area (Å²) in [5, 5.41) is 2.55. The van der Waals surface area contributed by atoms with Crippen molar-refractivity contribution in [3.63, 3.8) is 0 Å². The van der Waals surface area contributed by atoms with Crippen molar-refractivity contribution in [2.45, 2.75) is 37.9 Å². The van der Waals surface area contributed by atoms with Crippen LogP contribution in [-0.2, 0) is 42.9 Å². The van der Waals surface area contributed by atoms with E-state index in [9.17, 15) is 21.6 Å². The number of nitrogens with one attached hydrogen (secondary N) is 1. The van der Waals surface area contributed by atoms with Gasteiger partial charge in [-0.25, -0.2) is 0 Å². The average molecular weight is 375 g/mol. The van der Waals surface area contributed by atoms with E-state index in [1.165, 1.54) is 14.0 Å². The van der Waals surface area contributed by atoms with Crippen LogP contribution in [-0.4, -0.2) is 73.5 Å². The number of amides is 1. The van der Waals surface area contributed by atoms with E-state index >= 15 is 0 Å². The molecule has 0 radical (unpaired) electrons. The number of hydrogen-bond acceptors (Lipinski definition) is 9. The van der Waals surface area contributed by atoms with E-state index in [0.29, 0.717) is 0 Å². The highest BCUT2D eigenvalue weighted by Crippen LogP contribution is 2.25. The van der Waals surface area contributed by atoms with Crippen molar-refractivity contribution in [1.29, 1.82) is 0 Å². The Kier molecular flexibility index (Phi) is 6.92. The minimum atomic E-state index is -3.88. The van der Waals surface area contributed by atoms with Crippen molar-refractivity contribution in [3.8, 4) is 0 Å². The van der Waals surface area contributed by atoms with Crippen LogP contribution in [0.25, 0.3) is 0 Å². The summed E-state index contributed by atoms with van der Waals surface area (Å²) in [7, 11) is -6.29. The van der Waals surface area contributed by atoms with Crippen molar-refractivity contribution < 1.29 is 39.5 Å². The largest absolute Gasteiger partial charge is 0.356 e. The van der Waals surface area contributed by atoms with Gasteiger partial charge in [-0.3, -0.25) is 13.2 Å². The van der Waals surface area contributed by atoms with Gasteiger partial charge < -0.3 is 14.8 Å². The highest BCUT2D eigenvalue weighted by atomic mass is 32.2. The van der Waals surface area contributed by atoms with Crippen LogP contribution in [0.2, 0.25) is 0 Å². The van der Waals surface area contributed by atoms with Gasteiger partial charge in [0.05, 0.1) is 25.2 Å². The molecule has 0 aromatic heterocycles. The molecule has 1 amide bonds. The summed E-state index contributed by atoms with van der Waals surface area (Å²) in [6.45, 7) is 0.783. The molecule has 4 atom stereocenters. The minimum absolute atomic E-state index is 0.131. The summed E-state index contributed by atoms with van der Waals surface area (Å²) in [4.78, 5) is 11.3. The van der Waals surface area contributed by atoms with Crippen LogP contribution < -0.4 is 5.32 Å². The van der Waals surface area contributed by atoms with E-state index in [1.54, 1.807) is 0 Å². The minimum Gasteiger partial charge on any atom is -0.356 e. The number of methoxy groups -OCH3 is 1. The first kappa shape index (κ1) is 20.3. The van der Waals surface area contributed by atoms with Crippen LogP contribution >= 0.6 is 0 Å². The lowest BCUT2D eigenvalue weighted by molar-refractivity contribution is -0.220. The molecule has 1 rings (SSSR count). The van der Waals surface area contributed by atoms with E-state index in [-0.39, 0.29) is 6.42 Å². The Bertz CT molecular complexity index is 615. The van der Waals surface area contributed by atoms with Gasteiger partial charge >= 0.3 is 0 Å². The second kappa shape index (κ2) is 7.85. The lowest BCUT2D eigenvalue weighted by Crippen LogP contribution is -2.58. The SMILES string of the molecule is CO[C@@H]1C[C@@H](NC(C)=O)[C@H](OS(C)(=O)=O)[C@@H](COS(C)(=O)=O)O1. The van der Waals surface area contributed by atoms with Crippen molar-refractivity contribution >= 4 is 26.1 Å². The van der Waals surface area contributed by atoms with Crippen LogP contribution in [0.15, 0.2) is 0 Å². The molecule has 0 aromatic carbocycles. The number of carbonyl (C=O) groups excluding carboxylic acids is 1. The van der Waals surface area contributed by atoms with Gasteiger partial charge in [-0.05, 0) is 0 Å². The Morgan fingerprint density at radius 2 is 1.83 bits per heavy atom. The maximum absolute atomic E-state index is 11.4. The molecule has 1 aliphatic heterocycles. The fraction of sp³-hybridized carbons (Fsp3) is 0.909. The maximum Gasteiger partial charge on any atom is 0.264 e. The van der Waals surface area contributed by atoms with Crippen molar-refractivity contribution in [2.24, 2.45) is 0 Å². The number of hydrogen-bond donors (Lipinski definition) is 1. The molecule has 1 fully saturated rings. The third-order valence-electron chi connectivity index (χ3n) is 2.92. The first-order valence-electron chi connectivity index (χ1n) is 6.59.